The summed E-state index contributed by atoms with van der Waals surface area (Å²) in [4.78, 5) is 23.7. The summed E-state index contributed by atoms with van der Waals surface area (Å²) in [5.74, 6) is 0.501. The number of allylic oxidation sites excluding steroid dienone is 2. The van der Waals surface area contributed by atoms with Crippen molar-refractivity contribution in [3.8, 4) is 0 Å². The number of hydrogen-bond donors (Lipinski definition) is 0. The first kappa shape index (κ1) is 16.5. The fourth-order valence-corrected chi connectivity index (χ4v) is 2.34. The first-order valence-electron chi connectivity index (χ1n) is 7.04. The maximum absolute atomic E-state index is 12.2. The molecule has 0 atom stereocenters. The van der Waals surface area contributed by atoms with E-state index >= 15 is 0 Å². The van der Waals surface area contributed by atoms with Crippen LogP contribution in [0.5, 0.6) is 0 Å². The van der Waals surface area contributed by atoms with Gasteiger partial charge in [0, 0.05) is 24.8 Å². The van der Waals surface area contributed by atoms with Crippen molar-refractivity contribution in [2.45, 2.75) is 46.5 Å². The molecule has 0 N–H and O–H groups in total. The summed E-state index contributed by atoms with van der Waals surface area (Å²) in [6.07, 6.45) is 3.47. The van der Waals surface area contributed by atoms with Gasteiger partial charge >= 0.3 is 5.97 Å². The van der Waals surface area contributed by atoms with Crippen molar-refractivity contribution in [3.63, 3.8) is 0 Å². The van der Waals surface area contributed by atoms with Gasteiger partial charge in [-0.15, -0.1) is 0 Å². The third kappa shape index (κ3) is 4.83. The lowest BCUT2D eigenvalue weighted by atomic mass is 9.75. The summed E-state index contributed by atoms with van der Waals surface area (Å²) >= 11 is 0. The molecule has 0 aromatic carbocycles. The van der Waals surface area contributed by atoms with E-state index in [0.29, 0.717) is 43.8 Å². The quantitative estimate of drug-likeness (QED) is 0.531. The molecule has 4 heteroatoms. The predicted octanol–water partition coefficient (Wildman–Crippen LogP) is 3.18. The topological polar surface area (TPSA) is 52.6 Å². The maximum atomic E-state index is 12.2. The van der Waals surface area contributed by atoms with Crippen LogP contribution in [-0.2, 0) is 19.1 Å². The summed E-state index contributed by atoms with van der Waals surface area (Å²) in [5.41, 5.74) is 0.542. The Hall–Kier alpha value is -1.58. The second kappa shape index (κ2) is 7.27. The minimum absolute atomic E-state index is 0.0737. The Kier molecular flexibility index (Phi) is 5.99. The average molecular weight is 280 g/mol. The number of Topliss-reactive ketones (excluding diaryl/α,β-unsaturated/α-hetero) is 1. The molecule has 0 unspecified atom stereocenters. The van der Waals surface area contributed by atoms with Gasteiger partial charge in [-0.25, -0.2) is 0 Å². The normalized spacial score (nSPS) is 17.9. The highest BCUT2D eigenvalue weighted by molar-refractivity contribution is 5.97. The molecule has 0 radical (unpaired) electrons. The minimum atomic E-state index is -0.277. The lowest BCUT2D eigenvalue weighted by Crippen LogP contribution is -2.27. The molecule has 4 nitrogen and oxygen atoms in total. The van der Waals surface area contributed by atoms with Gasteiger partial charge in [-0.3, -0.25) is 9.59 Å². The summed E-state index contributed by atoms with van der Waals surface area (Å²) in [5, 5.41) is 0. The number of rotatable bonds is 7. The van der Waals surface area contributed by atoms with Crippen LogP contribution in [0.3, 0.4) is 0 Å². The van der Waals surface area contributed by atoms with Crippen molar-refractivity contribution in [2.24, 2.45) is 5.41 Å². The lowest BCUT2D eigenvalue weighted by molar-refractivity contribution is -0.143. The van der Waals surface area contributed by atoms with Crippen LogP contribution in [0.4, 0.5) is 0 Å². The molecule has 112 valence electrons. The van der Waals surface area contributed by atoms with Crippen LogP contribution in [0.15, 0.2) is 24.0 Å². The van der Waals surface area contributed by atoms with Crippen molar-refractivity contribution in [1.29, 1.82) is 0 Å². The van der Waals surface area contributed by atoms with Crippen molar-refractivity contribution in [3.05, 3.63) is 24.0 Å². The number of ether oxygens (including phenoxy) is 2. The molecule has 0 amide bonds. The number of carbonyl (C=O) groups excluding carboxylic acids is 2. The molecule has 0 aromatic heterocycles. The number of hydrogen-bond acceptors (Lipinski definition) is 4. The molecule has 0 saturated carbocycles. The highest BCUT2D eigenvalue weighted by atomic mass is 16.5. The van der Waals surface area contributed by atoms with Gasteiger partial charge in [0.2, 0.25) is 0 Å². The molecule has 0 saturated heterocycles. The van der Waals surface area contributed by atoms with Gasteiger partial charge in [0.05, 0.1) is 6.61 Å². The molecule has 1 aliphatic carbocycles. The predicted molar refractivity (Wildman–Crippen MR) is 77.1 cm³/mol. The van der Waals surface area contributed by atoms with Gasteiger partial charge in [0.1, 0.15) is 12.4 Å². The van der Waals surface area contributed by atoms with E-state index in [1.165, 1.54) is 0 Å². The summed E-state index contributed by atoms with van der Waals surface area (Å²) < 4.78 is 10.5. The fraction of sp³-hybridized carbons (Fsp3) is 0.625. The van der Waals surface area contributed by atoms with E-state index < -0.39 is 0 Å². The Morgan fingerprint density at radius 1 is 1.40 bits per heavy atom. The van der Waals surface area contributed by atoms with Crippen molar-refractivity contribution in [2.75, 3.05) is 13.2 Å². The molecular formula is C16H24O4. The second-order valence-electron chi connectivity index (χ2n) is 5.75. The standard InChI is InChI=1S/C16H24O4/c1-5-9-20-14-11-16(3,4)10-13(17)12(14)7-8-15(18)19-6-2/h5H,1,6-11H2,2-4H3. The van der Waals surface area contributed by atoms with Crippen LogP contribution in [0.1, 0.15) is 46.5 Å². The van der Waals surface area contributed by atoms with E-state index in [4.69, 9.17) is 9.47 Å². The first-order chi connectivity index (χ1) is 9.39. The zero-order chi connectivity index (χ0) is 15.2. The van der Waals surface area contributed by atoms with Gasteiger partial charge in [-0.1, -0.05) is 26.5 Å². The SMILES string of the molecule is C=CCOC1=C(CCC(=O)OCC)C(=O)CC(C)(C)C1. The molecule has 0 fully saturated rings. The zero-order valence-corrected chi connectivity index (χ0v) is 12.7. The molecule has 0 spiro atoms. The summed E-state index contributed by atoms with van der Waals surface area (Å²) in [6.45, 7) is 10.2. The summed E-state index contributed by atoms with van der Waals surface area (Å²) in [6, 6.07) is 0. The molecule has 0 aromatic rings. The van der Waals surface area contributed by atoms with E-state index in [-0.39, 0.29) is 23.6 Å². The zero-order valence-electron chi connectivity index (χ0n) is 12.7. The molecular weight excluding hydrogens is 256 g/mol. The minimum Gasteiger partial charge on any atom is -0.493 e. The van der Waals surface area contributed by atoms with Crippen LogP contribution in [-0.4, -0.2) is 25.0 Å². The van der Waals surface area contributed by atoms with Gasteiger partial charge in [0.15, 0.2) is 5.78 Å². The number of esters is 1. The van der Waals surface area contributed by atoms with E-state index in [1.807, 2.05) is 13.8 Å². The van der Waals surface area contributed by atoms with E-state index in [2.05, 4.69) is 6.58 Å². The summed E-state index contributed by atoms with van der Waals surface area (Å²) in [7, 11) is 0. The van der Waals surface area contributed by atoms with Crippen LogP contribution >= 0.6 is 0 Å². The molecule has 0 bridgehead atoms. The lowest BCUT2D eigenvalue weighted by Gasteiger charge is -2.31. The van der Waals surface area contributed by atoms with Gasteiger partial charge in [0.25, 0.3) is 0 Å². The Morgan fingerprint density at radius 3 is 2.70 bits per heavy atom. The van der Waals surface area contributed by atoms with Crippen LogP contribution in [0.25, 0.3) is 0 Å². The highest BCUT2D eigenvalue weighted by Crippen LogP contribution is 2.38. The fourth-order valence-electron chi connectivity index (χ4n) is 2.34. The van der Waals surface area contributed by atoms with E-state index in [1.54, 1.807) is 13.0 Å². The second-order valence-corrected chi connectivity index (χ2v) is 5.75. The maximum Gasteiger partial charge on any atom is 0.306 e. The Morgan fingerprint density at radius 2 is 2.10 bits per heavy atom. The highest BCUT2D eigenvalue weighted by Gasteiger charge is 2.33. The molecule has 0 heterocycles. The third-order valence-electron chi connectivity index (χ3n) is 3.21. The average Bonchev–Trinajstić information content (AvgIpc) is 2.34. The van der Waals surface area contributed by atoms with E-state index in [9.17, 15) is 9.59 Å². The third-order valence-corrected chi connectivity index (χ3v) is 3.21. The first-order valence-corrected chi connectivity index (χ1v) is 7.04. The number of carbonyl (C=O) groups is 2. The largest absolute Gasteiger partial charge is 0.493 e. The van der Waals surface area contributed by atoms with Crippen molar-refractivity contribution in [1.82, 2.24) is 0 Å². The molecule has 0 aliphatic heterocycles. The van der Waals surface area contributed by atoms with Gasteiger partial charge < -0.3 is 9.47 Å². The van der Waals surface area contributed by atoms with Crippen molar-refractivity contribution < 1.29 is 19.1 Å². The molecule has 1 aliphatic rings. The Bertz CT molecular complexity index is 418. The monoisotopic (exact) mass is 280 g/mol. The smallest absolute Gasteiger partial charge is 0.306 e. The van der Waals surface area contributed by atoms with E-state index in [0.717, 1.165) is 0 Å². The Balaban J connectivity index is 2.82. The Labute approximate surface area is 120 Å². The molecule has 20 heavy (non-hydrogen) atoms. The molecule has 1 rings (SSSR count). The number of ketones is 1. The van der Waals surface area contributed by atoms with Crippen molar-refractivity contribution >= 4 is 11.8 Å². The van der Waals surface area contributed by atoms with Crippen LogP contribution in [0.2, 0.25) is 0 Å². The van der Waals surface area contributed by atoms with Gasteiger partial charge in [-0.05, 0) is 18.8 Å². The van der Waals surface area contributed by atoms with Gasteiger partial charge in [-0.2, -0.15) is 0 Å². The van der Waals surface area contributed by atoms with Crippen LogP contribution < -0.4 is 0 Å². The van der Waals surface area contributed by atoms with Crippen LogP contribution in [0, 0.1) is 5.41 Å².